The van der Waals surface area contributed by atoms with Gasteiger partial charge in [0.15, 0.2) is 0 Å². The van der Waals surface area contributed by atoms with E-state index in [9.17, 15) is 23.9 Å². The van der Waals surface area contributed by atoms with E-state index in [1.54, 1.807) is 35.2 Å². The molecule has 5 atom stereocenters. The van der Waals surface area contributed by atoms with Crippen molar-refractivity contribution >= 4 is 19.5 Å². The Morgan fingerprint density at radius 1 is 1.22 bits per heavy atom. The van der Waals surface area contributed by atoms with Crippen LogP contribution in [0.15, 0.2) is 30.3 Å². The van der Waals surface area contributed by atoms with Crippen molar-refractivity contribution in [3.8, 4) is 0 Å². The van der Waals surface area contributed by atoms with E-state index in [0.29, 0.717) is 24.8 Å². The van der Waals surface area contributed by atoms with Crippen molar-refractivity contribution in [2.45, 2.75) is 50.2 Å². The summed E-state index contributed by atoms with van der Waals surface area (Å²) in [5.41, 5.74) is 0.388. The number of ether oxygens (including phenoxy) is 2. The molecule has 2 aliphatic heterocycles. The highest BCUT2D eigenvalue weighted by Crippen LogP contribution is 2.51. The Hall–Kier alpha value is -1.73. The van der Waals surface area contributed by atoms with E-state index >= 15 is 0 Å². The van der Waals surface area contributed by atoms with Gasteiger partial charge in [-0.1, -0.05) is 18.2 Å². The number of methoxy groups -OCH3 is 1. The van der Waals surface area contributed by atoms with E-state index in [2.05, 4.69) is 0 Å². The van der Waals surface area contributed by atoms with Gasteiger partial charge in [-0.25, -0.2) is 4.79 Å². The maximum atomic E-state index is 12.5. The van der Waals surface area contributed by atoms with Crippen LogP contribution in [0.4, 0.5) is 0 Å². The molecule has 2 aliphatic rings. The quantitative estimate of drug-likeness (QED) is 0.571. The van der Waals surface area contributed by atoms with E-state index in [1.807, 2.05) is 0 Å². The Balaban J connectivity index is 1.85. The number of carbonyl (C=O) groups excluding carboxylic acids is 2. The van der Waals surface area contributed by atoms with Crippen LogP contribution in [-0.2, 0) is 18.8 Å². The van der Waals surface area contributed by atoms with E-state index in [4.69, 9.17) is 9.47 Å². The summed E-state index contributed by atoms with van der Waals surface area (Å²) in [5, 5.41) is 0. The number of esters is 2. The molecule has 9 heteroatoms. The normalized spacial score (nSPS) is 29.2. The minimum Gasteiger partial charge on any atom is -0.469 e. The summed E-state index contributed by atoms with van der Waals surface area (Å²) in [4.78, 5) is 45.9. The molecule has 2 bridgehead atoms. The van der Waals surface area contributed by atoms with Crippen molar-refractivity contribution in [2.24, 2.45) is 5.92 Å². The first-order chi connectivity index (χ1) is 12.7. The number of piperidine rings is 1. The summed E-state index contributed by atoms with van der Waals surface area (Å²) >= 11 is 0. The van der Waals surface area contributed by atoms with Crippen molar-refractivity contribution in [1.29, 1.82) is 0 Å². The number of benzene rings is 1. The lowest BCUT2D eigenvalue weighted by Crippen LogP contribution is -2.57. The van der Waals surface area contributed by atoms with Crippen LogP contribution in [0, 0.1) is 5.92 Å². The molecule has 8 nitrogen and oxygen atoms in total. The number of fused-ring (bicyclic) bond motifs is 2. The predicted octanol–water partition coefficient (Wildman–Crippen LogP) is 1.76. The topological polar surface area (TPSA) is 113 Å². The third-order valence-corrected chi connectivity index (χ3v) is 6.82. The molecular formula is C18H24NO7P. The molecule has 2 N–H and O–H groups in total. The summed E-state index contributed by atoms with van der Waals surface area (Å²) in [6.07, 6.45) is 0.915. The highest BCUT2D eigenvalue weighted by Gasteiger charge is 2.55. The van der Waals surface area contributed by atoms with Crippen molar-refractivity contribution in [2.75, 3.05) is 7.11 Å². The van der Waals surface area contributed by atoms with E-state index in [-0.39, 0.29) is 6.04 Å². The number of nitrogens with zero attached hydrogens (tertiary/aromatic N) is 1. The van der Waals surface area contributed by atoms with Crippen LogP contribution in [0.2, 0.25) is 0 Å². The molecule has 0 aromatic heterocycles. The summed E-state index contributed by atoms with van der Waals surface area (Å²) in [5.74, 6) is -2.84. The van der Waals surface area contributed by atoms with Gasteiger partial charge < -0.3 is 19.3 Å². The van der Waals surface area contributed by atoms with Crippen molar-refractivity contribution in [1.82, 2.24) is 4.90 Å². The van der Waals surface area contributed by atoms with Gasteiger partial charge in [-0.05, 0) is 31.9 Å². The molecule has 1 aromatic carbocycles. The highest BCUT2D eigenvalue weighted by molar-refractivity contribution is 7.52. The molecule has 4 unspecified atom stereocenters. The molecule has 148 valence electrons. The van der Waals surface area contributed by atoms with Crippen LogP contribution in [0.1, 0.15) is 36.5 Å². The smallest absolute Gasteiger partial charge is 0.342 e. The van der Waals surface area contributed by atoms with E-state index in [0.717, 1.165) is 0 Å². The van der Waals surface area contributed by atoms with Gasteiger partial charge in [0.05, 0.1) is 12.7 Å². The first-order valence-electron chi connectivity index (χ1n) is 8.90. The van der Waals surface area contributed by atoms with Gasteiger partial charge in [-0.15, -0.1) is 0 Å². The molecule has 2 saturated heterocycles. The third kappa shape index (κ3) is 3.94. The summed E-state index contributed by atoms with van der Waals surface area (Å²) in [6.45, 7) is 1.47. The van der Waals surface area contributed by atoms with Crippen LogP contribution < -0.4 is 0 Å². The van der Waals surface area contributed by atoms with Gasteiger partial charge in [-0.2, -0.15) is 0 Å². The van der Waals surface area contributed by atoms with Gasteiger partial charge in [-0.3, -0.25) is 14.3 Å². The van der Waals surface area contributed by atoms with Crippen molar-refractivity contribution in [3.05, 3.63) is 35.9 Å². The summed E-state index contributed by atoms with van der Waals surface area (Å²) in [6, 6.07) is 7.91. The molecule has 0 amide bonds. The molecule has 1 aromatic rings. The Morgan fingerprint density at radius 2 is 1.89 bits per heavy atom. The van der Waals surface area contributed by atoms with Crippen LogP contribution in [0.25, 0.3) is 0 Å². The van der Waals surface area contributed by atoms with Gasteiger partial charge in [0.25, 0.3) is 0 Å². The lowest BCUT2D eigenvalue weighted by Gasteiger charge is -2.45. The van der Waals surface area contributed by atoms with E-state index in [1.165, 1.54) is 14.0 Å². The highest BCUT2D eigenvalue weighted by atomic mass is 31.2. The molecule has 2 heterocycles. The number of rotatable bonds is 5. The van der Waals surface area contributed by atoms with Gasteiger partial charge in [0.1, 0.15) is 17.8 Å². The lowest BCUT2D eigenvalue weighted by atomic mass is 9.87. The van der Waals surface area contributed by atoms with Crippen LogP contribution in [0.5, 0.6) is 0 Å². The fraction of sp³-hybridized carbons (Fsp3) is 0.556. The van der Waals surface area contributed by atoms with Gasteiger partial charge in [0, 0.05) is 18.5 Å². The Labute approximate surface area is 157 Å². The summed E-state index contributed by atoms with van der Waals surface area (Å²) < 4.78 is 22.4. The fourth-order valence-corrected chi connectivity index (χ4v) is 5.01. The number of hydrogen-bond donors (Lipinski definition) is 2. The predicted molar refractivity (Wildman–Crippen MR) is 95.9 cm³/mol. The molecule has 0 spiro atoms. The standard InChI is InChI=1S/C18H24NO7P/c1-11(27(22,23)24)19-13-8-9-14(19)16(18(21)25-2)15(10-13)26-17(20)12-6-4-3-5-7-12/h3-7,11,13-16H,8-10H2,1-2H3,(H2,22,23,24)/t11-,13?,14?,15?,16?/m0/s1. The zero-order chi connectivity index (χ0) is 19.8. The fourth-order valence-electron chi connectivity index (χ4n) is 4.30. The molecular weight excluding hydrogens is 373 g/mol. The summed E-state index contributed by atoms with van der Waals surface area (Å²) in [7, 11) is -3.09. The lowest BCUT2D eigenvalue weighted by molar-refractivity contribution is -0.157. The average Bonchev–Trinajstić information content (AvgIpc) is 2.94. The van der Waals surface area contributed by atoms with Crippen molar-refractivity contribution < 1.29 is 33.4 Å². The maximum Gasteiger partial charge on any atom is 0.342 e. The Morgan fingerprint density at radius 3 is 2.48 bits per heavy atom. The first kappa shape index (κ1) is 20.0. The van der Waals surface area contributed by atoms with Gasteiger partial charge in [0.2, 0.25) is 0 Å². The average molecular weight is 397 g/mol. The van der Waals surface area contributed by atoms with Crippen LogP contribution in [0.3, 0.4) is 0 Å². The van der Waals surface area contributed by atoms with Crippen molar-refractivity contribution in [3.63, 3.8) is 0 Å². The number of hydrogen-bond acceptors (Lipinski definition) is 6. The third-order valence-electron chi connectivity index (χ3n) is 5.58. The van der Waals surface area contributed by atoms with E-state index < -0.39 is 43.4 Å². The molecule has 0 aliphatic carbocycles. The van der Waals surface area contributed by atoms with Crippen LogP contribution >= 0.6 is 7.60 Å². The molecule has 2 fully saturated rings. The Bertz CT molecular complexity index is 749. The molecule has 0 saturated carbocycles. The molecule has 3 rings (SSSR count). The largest absolute Gasteiger partial charge is 0.469 e. The second-order valence-corrected chi connectivity index (χ2v) is 8.99. The SMILES string of the molecule is COC(=O)C1C(OC(=O)c2ccccc2)CC2CCC1N2[C@H](C)P(=O)(O)O. The zero-order valence-electron chi connectivity index (χ0n) is 15.2. The monoisotopic (exact) mass is 397 g/mol. The maximum absolute atomic E-state index is 12.5. The van der Waals surface area contributed by atoms with Gasteiger partial charge >= 0.3 is 19.5 Å². The zero-order valence-corrected chi connectivity index (χ0v) is 16.1. The van der Waals surface area contributed by atoms with Crippen LogP contribution in [-0.4, -0.2) is 57.7 Å². The number of carbonyl (C=O) groups is 2. The Kier molecular flexibility index (Phi) is 5.72. The molecule has 27 heavy (non-hydrogen) atoms. The second kappa shape index (κ2) is 7.72. The minimum absolute atomic E-state index is 0.160. The minimum atomic E-state index is -4.35. The second-order valence-electron chi connectivity index (χ2n) is 7.06. The first-order valence-corrected chi connectivity index (χ1v) is 10.6. The molecule has 0 radical (unpaired) electrons.